The lowest BCUT2D eigenvalue weighted by Crippen LogP contribution is -2.46. The van der Waals surface area contributed by atoms with Gasteiger partial charge < -0.3 is 15.0 Å². The summed E-state index contributed by atoms with van der Waals surface area (Å²) in [4.78, 5) is 6.46. The minimum Gasteiger partial charge on any atom is -0.381 e. The van der Waals surface area contributed by atoms with Crippen LogP contribution in [0.4, 0.5) is 11.4 Å². The summed E-state index contributed by atoms with van der Waals surface area (Å²) in [5.74, 6) is 0.494. The molecule has 19 heavy (non-hydrogen) atoms. The Labute approximate surface area is 117 Å². The molecule has 0 amide bonds. The zero-order valence-electron chi connectivity index (χ0n) is 10.5. The van der Waals surface area contributed by atoms with Crippen molar-refractivity contribution < 1.29 is 4.74 Å². The van der Waals surface area contributed by atoms with E-state index in [1.54, 1.807) is 12.3 Å². The van der Waals surface area contributed by atoms with Crippen LogP contribution >= 0.6 is 11.6 Å². The maximum atomic E-state index is 8.91. The Balaban J connectivity index is 1.93. The van der Waals surface area contributed by atoms with Gasteiger partial charge in [0.25, 0.3) is 0 Å². The summed E-state index contributed by atoms with van der Waals surface area (Å²) < 4.78 is 5.41. The van der Waals surface area contributed by atoms with Crippen LogP contribution in [0, 0.1) is 11.3 Å². The summed E-state index contributed by atoms with van der Waals surface area (Å²) in [7, 11) is 0. The Morgan fingerprint density at radius 3 is 3.00 bits per heavy atom. The smallest absolute Gasteiger partial charge is 0.142 e. The average molecular weight is 279 g/mol. The molecule has 1 saturated heterocycles. The molecule has 2 aliphatic heterocycles. The average Bonchev–Trinajstić information content (AvgIpc) is 2.85. The van der Waals surface area contributed by atoms with Gasteiger partial charge in [-0.2, -0.15) is 5.26 Å². The van der Waals surface area contributed by atoms with Gasteiger partial charge >= 0.3 is 0 Å². The van der Waals surface area contributed by atoms with Crippen molar-refractivity contribution in [3.8, 4) is 6.07 Å². The minimum atomic E-state index is 0.0653. The number of aromatic nitrogens is 1. The summed E-state index contributed by atoms with van der Waals surface area (Å²) in [6, 6.07) is 4.26. The molecule has 1 atom stereocenters. The Morgan fingerprint density at radius 1 is 1.53 bits per heavy atom. The van der Waals surface area contributed by atoms with E-state index in [1.807, 2.05) is 0 Å². The number of hydrogen-bond donors (Lipinski definition) is 1. The highest BCUT2D eigenvalue weighted by Gasteiger charge is 2.34. The molecular formula is C13H15ClN4O. The predicted molar refractivity (Wildman–Crippen MR) is 73.4 cm³/mol. The molecule has 0 radical (unpaired) electrons. The predicted octanol–water partition coefficient (Wildman–Crippen LogP) is 1.93. The molecule has 6 heteroatoms. The van der Waals surface area contributed by atoms with Crippen LogP contribution in [0.2, 0.25) is 0 Å². The molecule has 100 valence electrons. The molecule has 1 unspecified atom stereocenters. The molecule has 1 fully saturated rings. The third-order valence-corrected chi connectivity index (χ3v) is 3.96. The maximum Gasteiger partial charge on any atom is 0.142 e. The van der Waals surface area contributed by atoms with E-state index in [1.165, 1.54) is 0 Å². The second kappa shape index (κ2) is 5.24. The van der Waals surface area contributed by atoms with Crippen LogP contribution in [0.25, 0.3) is 0 Å². The fraction of sp³-hybridized carbons (Fsp3) is 0.538. The van der Waals surface area contributed by atoms with Crippen molar-refractivity contribution >= 4 is 23.0 Å². The fourth-order valence-electron chi connectivity index (χ4n) is 2.78. The van der Waals surface area contributed by atoms with Gasteiger partial charge in [0.1, 0.15) is 17.9 Å². The Bertz CT molecular complexity index is 510. The van der Waals surface area contributed by atoms with Gasteiger partial charge in [0, 0.05) is 19.3 Å². The Kier molecular flexibility index (Phi) is 3.45. The van der Waals surface area contributed by atoms with Gasteiger partial charge in [0.15, 0.2) is 0 Å². The van der Waals surface area contributed by atoms with Gasteiger partial charge in [-0.05, 0) is 18.9 Å². The molecular weight excluding hydrogens is 264 g/mol. The van der Waals surface area contributed by atoms with Crippen molar-refractivity contribution in [2.24, 2.45) is 0 Å². The highest BCUT2D eigenvalue weighted by atomic mass is 35.5. The molecule has 1 aromatic heterocycles. The van der Waals surface area contributed by atoms with E-state index in [2.05, 4.69) is 21.3 Å². The molecule has 0 bridgehead atoms. The van der Waals surface area contributed by atoms with Crippen molar-refractivity contribution in [1.29, 1.82) is 5.26 Å². The Hall–Kier alpha value is -1.51. The molecule has 1 aromatic rings. The topological polar surface area (TPSA) is 61.2 Å². The summed E-state index contributed by atoms with van der Waals surface area (Å²) in [6.07, 6.45) is 3.82. The summed E-state index contributed by atoms with van der Waals surface area (Å²) in [6.45, 7) is 1.57. The van der Waals surface area contributed by atoms with Crippen LogP contribution in [0.5, 0.6) is 0 Å². The van der Waals surface area contributed by atoms with Crippen molar-refractivity contribution in [2.45, 2.75) is 25.0 Å². The maximum absolute atomic E-state index is 8.91. The number of rotatable bonds is 2. The SMILES string of the molecule is N#Cc1cc2c(cn1)N(C1CCOCC1)C(CCl)N2. The number of alkyl halides is 1. The Morgan fingerprint density at radius 2 is 2.32 bits per heavy atom. The lowest BCUT2D eigenvalue weighted by Gasteiger charge is -2.36. The van der Waals surface area contributed by atoms with Gasteiger partial charge in [-0.1, -0.05) is 0 Å². The zero-order valence-corrected chi connectivity index (χ0v) is 11.2. The standard InChI is InChI=1S/C13H15ClN4O/c14-6-13-17-11-5-9(7-15)16-8-12(11)18(13)10-1-3-19-4-2-10/h5,8,10,13,17H,1-4,6H2. The van der Waals surface area contributed by atoms with Gasteiger partial charge in [-0.3, -0.25) is 0 Å². The summed E-state index contributed by atoms with van der Waals surface area (Å²) in [5, 5.41) is 12.3. The molecule has 0 aliphatic carbocycles. The lowest BCUT2D eigenvalue weighted by molar-refractivity contribution is 0.0837. The van der Waals surface area contributed by atoms with Crippen LogP contribution < -0.4 is 10.2 Å². The summed E-state index contributed by atoms with van der Waals surface area (Å²) >= 11 is 6.06. The van der Waals surface area contributed by atoms with E-state index in [0.29, 0.717) is 17.6 Å². The second-order valence-electron chi connectivity index (χ2n) is 4.76. The molecule has 0 aromatic carbocycles. The van der Waals surface area contributed by atoms with Crippen LogP contribution in [0.3, 0.4) is 0 Å². The van der Waals surface area contributed by atoms with Crippen LogP contribution in [-0.4, -0.2) is 36.3 Å². The van der Waals surface area contributed by atoms with Crippen molar-refractivity contribution in [3.05, 3.63) is 18.0 Å². The first-order valence-corrected chi connectivity index (χ1v) is 6.95. The number of nitriles is 1. The van der Waals surface area contributed by atoms with E-state index >= 15 is 0 Å². The number of nitrogens with zero attached hydrogens (tertiary/aromatic N) is 3. The largest absolute Gasteiger partial charge is 0.381 e. The van der Waals surface area contributed by atoms with Crippen molar-refractivity contribution in [3.63, 3.8) is 0 Å². The van der Waals surface area contributed by atoms with Gasteiger partial charge in [0.2, 0.25) is 0 Å². The van der Waals surface area contributed by atoms with E-state index < -0.39 is 0 Å². The number of halogens is 1. The number of nitrogens with one attached hydrogen (secondary N) is 1. The number of pyridine rings is 1. The minimum absolute atomic E-state index is 0.0653. The molecule has 0 spiro atoms. The van der Waals surface area contributed by atoms with Crippen LogP contribution in [0.15, 0.2) is 12.3 Å². The van der Waals surface area contributed by atoms with Crippen LogP contribution in [-0.2, 0) is 4.74 Å². The van der Waals surface area contributed by atoms with Gasteiger partial charge in [0.05, 0.1) is 23.5 Å². The number of hydrogen-bond acceptors (Lipinski definition) is 5. The third kappa shape index (κ3) is 2.22. The normalized spacial score (nSPS) is 22.7. The zero-order chi connectivity index (χ0) is 13.2. The number of anilines is 2. The van der Waals surface area contributed by atoms with Gasteiger partial charge in [-0.25, -0.2) is 4.98 Å². The number of ether oxygens (including phenoxy) is 1. The monoisotopic (exact) mass is 278 g/mol. The summed E-state index contributed by atoms with van der Waals surface area (Å²) in [5.41, 5.74) is 2.41. The van der Waals surface area contributed by atoms with Gasteiger partial charge in [-0.15, -0.1) is 11.6 Å². The van der Waals surface area contributed by atoms with E-state index in [-0.39, 0.29) is 6.17 Å². The van der Waals surface area contributed by atoms with E-state index in [0.717, 1.165) is 37.4 Å². The molecule has 3 heterocycles. The third-order valence-electron chi connectivity index (χ3n) is 3.66. The first-order valence-electron chi connectivity index (χ1n) is 6.42. The second-order valence-corrected chi connectivity index (χ2v) is 5.07. The highest BCUT2D eigenvalue weighted by molar-refractivity contribution is 6.18. The molecule has 0 saturated carbocycles. The molecule has 5 nitrogen and oxygen atoms in total. The molecule has 2 aliphatic rings. The lowest BCUT2D eigenvalue weighted by atomic mass is 10.1. The fourth-order valence-corrected chi connectivity index (χ4v) is 3.00. The molecule has 1 N–H and O–H groups in total. The highest BCUT2D eigenvalue weighted by Crippen LogP contribution is 2.38. The molecule has 3 rings (SSSR count). The first kappa shape index (κ1) is 12.5. The van der Waals surface area contributed by atoms with Crippen molar-refractivity contribution in [1.82, 2.24) is 4.98 Å². The first-order chi connectivity index (χ1) is 9.33. The van der Waals surface area contributed by atoms with Crippen molar-refractivity contribution in [2.75, 3.05) is 29.3 Å². The van der Waals surface area contributed by atoms with E-state index in [4.69, 9.17) is 21.6 Å². The van der Waals surface area contributed by atoms with Crippen LogP contribution in [0.1, 0.15) is 18.5 Å². The number of fused-ring (bicyclic) bond motifs is 1. The quantitative estimate of drug-likeness (QED) is 0.838. The van der Waals surface area contributed by atoms with E-state index in [9.17, 15) is 0 Å².